The molecule has 0 heterocycles. The summed E-state index contributed by atoms with van der Waals surface area (Å²) in [5, 5.41) is 0. The monoisotopic (exact) mass is 212 g/mol. The van der Waals surface area contributed by atoms with Gasteiger partial charge in [0.25, 0.3) is 0 Å². The van der Waals surface area contributed by atoms with Crippen molar-refractivity contribution in [3.63, 3.8) is 0 Å². The first-order valence-corrected chi connectivity index (χ1v) is 7.33. The van der Waals surface area contributed by atoms with Crippen molar-refractivity contribution in [1.29, 1.82) is 0 Å². The number of hydrogen-bond acceptors (Lipinski definition) is 0. The maximum Gasteiger partial charge on any atom is 0.0262 e. The first kappa shape index (κ1) is 8.62. The van der Waals surface area contributed by atoms with Gasteiger partial charge in [0.15, 0.2) is 0 Å². The summed E-state index contributed by atoms with van der Waals surface area (Å²) in [6.45, 7) is 0. The number of hydrogen-bond donors (Lipinski definition) is 0. The van der Waals surface area contributed by atoms with Crippen LogP contribution >= 0.6 is 0 Å². The summed E-state index contributed by atoms with van der Waals surface area (Å²) in [5.41, 5.74) is 0. The van der Waals surface area contributed by atoms with Gasteiger partial charge in [-0.2, -0.15) is 0 Å². The van der Waals surface area contributed by atoms with E-state index in [-0.39, 0.29) is 0 Å². The standard InChI is InChI=1S/C16H20/c1-2-10-9-6-12-11-3-8-4-14(12)16(10)15(5-8)13(11)7-9/h1,8-16H,3-7H2. The first-order chi connectivity index (χ1) is 7.86. The van der Waals surface area contributed by atoms with E-state index in [9.17, 15) is 0 Å². The van der Waals surface area contributed by atoms with E-state index in [1.807, 2.05) is 0 Å². The third-order valence-corrected chi connectivity index (χ3v) is 7.27. The third-order valence-electron chi connectivity index (χ3n) is 7.27. The SMILES string of the molecule is C#CC1C2CC3C4CC5CC3C1C(C5)C4C2. The maximum atomic E-state index is 5.85. The smallest absolute Gasteiger partial charge is 0.0262 e. The minimum Gasteiger partial charge on any atom is -0.120 e. The molecular formula is C16H20. The first-order valence-electron chi connectivity index (χ1n) is 7.33. The van der Waals surface area contributed by atoms with E-state index in [2.05, 4.69) is 5.92 Å². The Labute approximate surface area is 98.2 Å². The van der Waals surface area contributed by atoms with E-state index in [1.165, 1.54) is 12.8 Å². The van der Waals surface area contributed by atoms with Crippen molar-refractivity contribution in [2.75, 3.05) is 0 Å². The molecule has 0 radical (unpaired) electrons. The van der Waals surface area contributed by atoms with E-state index in [1.54, 1.807) is 19.3 Å². The van der Waals surface area contributed by atoms with Crippen molar-refractivity contribution in [1.82, 2.24) is 0 Å². The van der Waals surface area contributed by atoms with Crippen molar-refractivity contribution in [3.05, 3.63) is 0 Å². The summed E-state index contributed by atoms with van der Waals surface area (Å²) >= 11 is 0. The fourth-order valence-corrected chi connectivity index (χ4v) is 7.18. The average molecular weight is 212 g/mol. The molecule has 16 heavy (non-hydrogen) atoms. The molecule has 7 fully saturated rings. The molecule has 7 aliphatic rings. The molecule has 84 valence electrons. The molecule has 0 aromatic heterocycles. The van der Waals surface area contributed by atoms with Crippen LogP contribution in [-0.4, -0.2) is 0 Å². The van der Waals surface area contributed by atoms with Gasteiger partial charge in [0.05, 0.1) is 0 Å². The van der Waals surface area contributed by atoms with Crippen molar-refractivity contribution >= 4 is 0 Å². The molecule has 0 aromatic rings. The summed E-state index contributed by atoms with van der Waals surface area (Å²) in [5.74, 6) is 12.4. The summed E-state index contributed by atoms with van der Waals surface area (Å²) < 4.78 is 0. The maximum absolute atomic E-state index is 5.85. The predicted octanol–water partition coefficient (Wildman–Crippen LogP) is 3.18. The van der Waals surface area contributed by atoms with Gasteiger partial charge in [-0.25, -0.2) is 0 Å². The molecule has 0 N–H and O–H groups in total. The topological polar surface area (TPSA) is 0 Å². The summed E-state index contributed by atoms with van der Waals surface area (Å²) in [6.07, 6.45) is 13.6. The molecule has 5 atom stereocenters. The molecule has 0 heteroatoms. The second-order valence-corrected chi connectivity index (χ2v) is 7.39. The molecule has 0 nitrogen and oxygen atoms in total. The van der Waals surface area contributed by atoms with Gasteiger partial charge in [0, 0.05) is 5.92 Å². The van der Waals surface area contributed by atoms with Crippen LogP contribution in [0.15, 0.2) is 0 Å². The Morgan fingerprint density at radius 3 is 1.94 bits per heavy atom. The van der Waals surface area contributed by atoms with Crippen LogP contribution < -0.4 is 0 Å². The minimum atomic E-state index is 0.683. The van der Waals surface area contributed by atoms with Crippen LogP contribution in [0.4, 0.5) is 0 Å². The lowest BCUT2D eigenvalue weighted by Gasteiger charge is -2.71. The van der Waals surface area contributed by atoms with Crippen LogP contribution in [0.3, 0.4) is 0 Å². The van der Waals surface area contributed by atoms with Gasteiger partial charge in [0.1, 0.15) is 0 Å². The van der Waals surface area contributed by atoms with Gasteiger partial charge >= 0.3 is 0 Å². The summed E-state index contributed by atoms with van der Waals surface area (Å²) in [7, 11) is 0. The Morgan fingerprint density at radius 2 is 1.31 bits per heavy atom. The molecule has 0 saturated heterocycles. The average Bonchev–Trinajstić information content (AvgIpc) is 2.33. The quantitative estimate of drug-likeness (QED) is 0.541. The van der Waals surface area contributed by atoms with Crippen molar-refractivity contribution in [2.45, 2.75) is 32.1 Å². The molecule has 8 bridgehead atoms. The lowest BCUT2D eigenvalue weighted by Crippen LogP contribution is -2.65. The molecule has 5 unspecified atom stereocenters. The number of terminal acetylenes is 1. The van der Waals surface area contributed by atoms with E-state index >= 15 is 0 Å². The second kappa shape index (κ2) is 2.53. The molecular weight excluding hydrogens is 192 g/mol. The Kier molecular flexibility index (Phi) is 1.36. The van der Waals surface area contributed by atoms with Gasteiger partial charge in [-0.3, -0.25) is 0 Å². The highest BCUT2D eigenvalue weighted by Crippen LogP contribution is 2.72. The molecule has 0 amide bonds. The summed E-state index contributed by atoms with van der Waals surface area (Å²) in [4.78, 5) is 0. The van der Waals surface area contributed by atoms with Gasteiger partial charge < -0.3 is 0 Å². The zero-order chi connectivity index (χ0) is 10.4. The highest BCUT2D eigenvalue weighted by molar-refractivity contribution is 5.19. The van der Waals surface area contributed by atoms with Gasteiger partial charge in [-0.15, -0.1) is 12.3 Å². The minimum absolute atomic E-state index is 0.683. The van der Waals surface area contributed by atoms with Crippen molar-refractivity contribution in [2.24, 2.45) is 53.3 Å². The fraction of sp³-hybridized carbons (Fsp3) is 0.875. The Hall–Kier alpha value is -0.440. The Balaban J connectivity index is 1.68. The normalized spacial score (nSPS) is 68.6. The van der Waals surface area contributed by atoms with Crippen molar-refractivity contribution < 1.29 is 0 Å². The van der Waals surface area contributed by atoms with Crippen molar-refractivity contribution in [3.8, 4) is 12.3 Å². The molecule has 7 aliphatic carbocycles. The van der Waals surface area contributed by atoms with Crippen LogP contribution in [0.5, 0.6) is 0 Å². The zero-order valence-corrected chi connectivity index (χ0v) is 9.81. The van der Waals surface area contributed by atoms with Crippen LogP contribution in [0.1, 0.15) is 32.1 Å². The van der Waals surface area contributed by atoms with Gasteiger partial charge in [-0.1, -0.05) is 0 Å². The molecule has 0 spiro atoms. The van der Waals surface area contributed by atoms with Crippen LogP contribution in [0, 0.1) is 65.6 Å². The Morgan fingerprint density at radius 1 is 0.750 bits per heavy atom. The fourth-order valence-electron chi connectivity index (χ4n) is 7.18. The van der Waals surface area contributed by atoms with Crippen LogP contribution in [0.2, 0.25) is 0 Å². The van der Waals surface area contributed by atoms with E-state index in [0.717, 1.165) is 47.3 Å². The Bertz CT molecular complexity index is 365. The van der Waals surface area contributed by atoms with Gasteiger partial charge in [0.2, 0.25) is 0 Å². The largest absolute Gasteiger partial charge is 0.120 e. The zero-order valence-electron chi connectivity index (χ0n) is 9.81. The van der Waals surface area contributed by atoms with Gasteiger partial charge in [-0.05, 0) is 79.4 Å². The second-order valence-electron chi connectivity index (χ2n) is 7.39. The highest BCUT2D eigenvalue weighted by atomic mass is 14.7. The van der Waals surface area contributed by atoms with E-state index in [0.29, 0.717) is 5.92 Å². The lowest BCUT2D eigenvalue weighted by atomic mass is 9.34. The van der Waals surface area contributed by atoms with Crippen LogP contribution in [0.25, 0.3) is 0 Å². The third kappa shape index (κ3) is 0.746. The highest BCUT2D eigenvalue weighted by Gasteiger charge is 2.66. The molecule has 0 aromatic carbocycles. The number of rotatable bonds is 0. The molecule has 7 saturated carbocycles. The van der Waals surface area contributed by atoms with E-state index in [4.69, 9.17) is 6.42 Å². The summed E-state index contributed by atoms with van der Waals surface area (Å²) in [6, 6.07) is 0. The van der Waals surface area contributed by atoms with E-state index < -0.39 is 0 Å². The predicted molar refractivity (Wildman–Crippen MR) is 63.3 cm³/mol. The lowest BCUT2D eigenvalue weighted by molar-refractivity contribution is -0.218. The molecule has 7 rings (SSSR count). The van der Waals surface area contributed by atoms with Crippen LogP contribution in [-0.2, 0) is 0 Å². The molecule has 0 aliphatic heterocycles.